The van der Waals surface area contributed by atoms with Crippen molar-refractivity contribution in [3.8, 4) is 17.2 Å². The number of hydrogen-bond acceptors (Lipinski definition) is 6. The lowest BCUT2D eigenvalue weighted by molar-refractivity contribution is -0.120. The Morgan fingerprint density at radius 2 is 2.08 bits per heavy atom. The number of para-hydroxylation sites is 1. The molecule has 0 fully saturated rings. The molecular weight excluding hydrogens is 334 g/mol. The van der Waals surface area contributed by atoms with Crippen molar-refractivity contribution in [2.45, 2.75) is 26.7 Å². The molecule has 0 unspecified atom stereocenters. The minimum atomic E-state index is -0.117. The second kappa shape index (κ2) is 7.86. The Morgan fingerprint density at radius 1 is 1.27 bits per heavy atom. The number of aryl methyl sites for hydroxylation is 2. The van der Waals surface area contributed by atoms with Gasteiger partial charge in [-0.2, -0.15) is 0 Å². The third-order valence-electron chi connectivity index (χ3n) is 3.94. The summed E-state index contributed by atoms with van der Waals surface area (Å²) >= 11 is 0. The number of amides is 1. The lowest BCUT2D eigenvalue weighted by Gasteiger charge is -2.03. The van der Waals surface area contributed by atoms with Crippen LogP contribution in [0.2, 0.25) is 0 Å². The Kier molecular flexibility index (Phi) is 5.36. The summed E-state index contributed by atoms with van der Waals surface area (Å²) in [5.74, 6) is 2.38. The van der Waals surface area contributed by atoms with Gasteiger partial charge in [-0.25, -0.2) is 4.98 Å². The third-order valence-corrected chi connectivity index (χ3v) is 3.94. The minimum absolute atomic E-state index is 0.117. The number of methoxy groups -OCH3 is 1. The van der Waals surface area contributed by atoms with Crippen molar-refractivity contribution in [3.63, 3.8) is 0 Å². The van der Waals surface area contributed by atoms with E-state index in [-0.39, 0.29) is 12.3 Å². The Balaban J connectivity index is 1.61. The molecule has 136 valence electrons. The molecule has 1 aromatic carbocycles. The van der Waals surface area contributed by atoms with Crippen LogP contribution in [-0.4, -0.2) is 29.7 Å². The standard InChI is InChI=1S/C19H21N3O4/c1-12-10-14(22-26-12)8-9-20-18(23)11-16-13(2)25-19(21-16)15-6-4-5-7-17(15)24-3/h4-7,10H,8-9,11H2,1-3H3,(H,20,23). The van der Waals surface area contributed by atoms with Gasteiger partial charge >= 0.3 is 0 Å². The van der Waals surface area contributed by atoms with Crippen LogP contribution in [0.4, 0.5) is 0 Å². The monoisotopic (exact) mass is 355 g/mol. The van der Waals surface area contributed by atoms with Gasteiger partial charge in [0.25, 0.3) is 0 Å². The molecule has 26 heavy (non-hydrogen) atoms. The van der Waals surface area contributed by atoms with Crippen LogP contribution in [0.3, 0.4) is 0 Å². The zero-order chi connectivity index (χ0) is 18.5. The van der Waals surface area contributed by atoms with E-state index in [0.717, 1.165) is 17.0 Å². The second-order valence-corrected chi connectivity index (χ2v) is 5.93. The number of nitrogens with one attached hydrogen (secondary N) is 1. The molecule has 0 saturated heterocycles. The lowest BCUT2D eigenvalue weighted by Crippen LogP contribution is -2.27. The summed E-state index contributed by atoms with van der Waals surface area (Å²) in [5.41, 5.74) is 2.19. The van der Waals surface area contributed by atoms with Gasteiger partial charge in [0.05, 0.1) is 30.5 Å². The number of carbonyl (C=O) groups is 1. The fourth-order valence-corrected chi connectivity index (χ4v) is 2.61. The first-order chi connectivity index (χ1) is 12.6. The molecule has 1 amide bonds. The van der Waals surface area contributed by atoms with Gasteiger partial charge in [0.15, 0.2) is 0 Å². The van der Waals surface area contributed by atoms with E-state index in [2.05, 4.69) is 15.5 Å². The molecule has 0 bridgehead atoms. The van der Waals surface area contributed by atoms with E-state index in [0.29, 0.717) is 36.1 Å². The molecule has 1 N–H and O–H groups in total. The molecule has 0 aliphatic rings. The largest absolute Gasteiger partial charge is 0.496 e. The van der Waals surface area contributed by atoms with Gasteiger partial charge < -0.3 is 19.0 Å². The zero-order valence-corrected chi connectivity index (χ0v) is 15.0. The number of rotatable bonds is 7. The molecule has 0 atom stereocenters. The van der Waals surface area contributed by atoms with Gasteiger partial charge in [0.2, 0.25) is 11.8 Å². The molecular formula is C19H21N3O4. The normalized spacial score (nSPS) is 10.7. The molecule has 0 spiro atoms. The molecule has 0 aliphatic carbocycles. The van der Waals surface area contributed by atoms with Crippen molar-refractivity contribution in [2.75, 3.05) is 13.7 Å². The average Bonchev–Trinajstić information content (AvgIpc) is 3.21. The van der Waals surface area contributed by atoms with Gasteiger partial charge in [-0.1, -0.05) is 17.3 Å². The van der Waals surface area contributed by atoms with Crippen LogP contribution in [-0.2, 0) is 17.6 Å². The van der Waals surface area contributed by atoms with Crippen LogP contribution >= 0.6 is 0 Å². The highest BCUT2D eigenvalue weighted by atomic mass is 16.5. The van der Waals surface area contributed by atoms with Crippen LogP contribution in [0.15, 0.2) is 39.3 Å². The maximum atomic E-state index is 12.2. The van der Waals surface area contributed by atoms with Crippen LogP contribution < -0.4 is 10.1 Å². The van der Waals surface area contributed by atoms with Gasteiger partial charge in [0, 0.05) is 19.0 Å². The van der Waals surface area contributed by atoms with E-state index in [1.807, 2.05) is 37.3 Å². The molecule has 0 radical (unpaired) electrons. The Morgan fingerprint density at radius 3 is 2.81 bits per heavy atom. The van der Waals surface area contributed by atoms with Crippen molar-refractivity contribution >= 4 is 5.91 Å². The summed E-state index contributed by atoms with van der Waals surface area (Å²) < 4.78 is 16.1. The van der Waals surface area contributed by atoms with Gasteiger partial charge in [-0.05, 0) is 26.0 Å². The van der Waals surface area contributed by atoms with Gasteiger partial charge in [0.1, 0.15) is 17.3 Å². The second-order valence-electron chi connectivity index (χ2n) is 5.93. The summed E-state index contributed by atoms with van der Waals surface area (Å²) in [6.07, 6.45) is 0.773. The van der Waals surface area contributed by atoms with Crippen LogP contribution in [0.1, 0.15) is 22.9 Å². The van der Waals surface area contributed by atoms with Gasteiger partial charge in [-0.15, -0.1) is 0 Å². The number of aromatic nitrogens is 2. The molecule has 3 rings (SSSR count). The number of ether oxygens (including phenoxy) is 1. The summed E-state index contributed by atoms with van der Waals surface area (Å²) in [7, 11) is 1.60. The van der Waals surface area contributed by atoms with Crippen LogP contribution in [0.5, 0.6) is 5.75 Å². The van der Waals surface area contributed by atoms with Crippen LogP contribution in [0, 0.1) is 13.8 Å². The average molecular weight is 355 g/mol. The quantitative estimate of drug-likeness (QED) is 0.701. The maximum absolute atomic E-state index is 12.2. The molecule has 0 saturated carbocycles. The Labute approximate surface area is 151 Å². The van der Waals surface area contributed by atoms with E-state index >= 15 is 0 Å². The fourth-order valence-electron chi connectivity index (χ4n) is 2.61. The highest BCUT2D eigenvalue weighted by Gasteiger charge is 2.17. The first kappa shape index (κ1) is 17.7. The topological polar surface area (TPSA) is 90.4 Å². The SMILES string of the molecule is COc1ccccc1-c1nc(CC(=O)NCCc2cc(C)on2)c(C)o1. The maximum Gasteiger partial charge on any atom is 0.230 e. The van der Waals surface area contributed by atoms with Crippen LogP contribution in [0.25, 0.3) is 11.5 Å². The molecule has 2 aromatic heterocycles. The van der Waals surface area contributed by atoms with E-state index in [1.165, 1.54) is 0 Å². The number of nitrogens with zero attached hydrogens (tertiary/aromatic N) is 2. The number of benzene rings is 1. The highest BCUT2D eigenvalue weighted by Crippen LogP contribution is 2.30. The van der Waals surface area contributed by atoms with Gasteiger partial charge in [-0.3, -0.25) is 4.79 Å². The van der Waals surface area contributed by atoms with Crippen molar-refractivity contribution in [3.05, 3.63) is 53.2 Å². The summed E-state index contributed by atoms with van der Waals surface area (Å²) in [5, 5.41) is 6.76. The van der Waals surface area contributed by atoms with Crippen molar-refractivity contribution in [2.24, 2.45) is 0 Å². The lowest BCUT2D eigenvalue weighted by atomic mass is 10.2. The fraction of sp³-hybridized carbons (Fsp3) is 0.316. The molecule has 0 aliphatic heterocycles. The molecule has 7 heteroatoms. The van der Waals surface area contributed by atoms with Crippen molar-refractivity contribution < 1.29 is 18.5 Å². The molecule has 3 aromatic rings. The van der Waals surface area contributed by atoms with Crippen molar-refractivity contribution in [1.29, 1.82) is 0 Å². The highest BCUT2D eigenvalue weighted by molar-refractivity contribution is 5.78. The number of carbonyl (C=O) groups excluding carboxylic acids is 1. The Bertz CT molecular complexity index is 898. The smallest absolute Gasteiger partial charge is 0.230 e. The van der Waals surface area contributed by atoms with E-state index in [4.69, 9.17) is 13.7 Å². The summed E-state index contributed by atoms with van der Waals surface area (Å²) in [6.45, 7) is 4.12. The Hall–Kier alpha value is -3.09. The van der Waals surface area contributed by atoms with E-state index < -0.39 is 0 Å². The summed E-state index contributed by atoms with van der Waals surface area (Å²) in [4.78, 5) is 16.6. The van der Waals surface area contributed by atoms with E-state index in [1.54, 1.807) is 14.0 Å². The predicted octanol–water partition coefficient (Wildman–Crippen LogP) is 2.86. The minimum Gasteiger partial charge on any atom is -0.496 e. The first-order valence-electron chi connectivity index (χ1n) is 8.35. The molecule has 2 heterocycles. The van der Waals surface area contributed by atoms with E-state index in [9.17, 15) is 4.79 Å². The summed E-state index contributed by atoms with van der Waals surface area (Å²) in [6, 6.07) is 9.33. The first-order valence-corrected chi connectivity index (χ1v) is 8.35. The third kappa shape index (κ3) is 4.11. The molecule has 7 nitrogen and oxygen atoms in total. The zero-order valence-electron chi connectivity index (χ0n) is 15.0. The number of oxazole rings is 1. The number of hydrogen-bond donors (Lipinski definition) is 1. The van der Waals surface area contributed by atoms with Crippen molar-refractivity contribution in [1.82, 2.24) is 15.5 Å². The predicted molar refractivity (Wildman–Crippen MR) is 94.9 cm³/mol.